The summed E-state index contributed by atoms with van der Waals surface area (Å²) in [4.78, 5) is 22.0. The van der Waals surface area contributed by atoms with Gasteiger partial charge in [0.05, 0.1) is 24.1 Å². The summed E-state index contributed by atoms with van der Waals surface area (Å²) in [6, 6.07) is 16.8. The molecule has 1 atom stereocenters. The Labute approximate surface area is 219 Å². The smallest absolute Gasteiger partial charge is 0.416 e. The highest BCUT2D eigenvalue weighted by Crippen LogP contribution is 2.35. The number of piperazine rings is 1. The van der Waals surface area contributed by atoms with Crippen LogP contribution in [0, 0.1) is 6.92 Å². The molecule has 3 heterocycles. The maximum atomic E-state index is 13.5. The zero-order chi connectivity index (χ0) is 26.9. The molecule has 1 unspecified atom stereocenters. The summed E-state index contributed by atoms with van der Waals surface area (Å²) < 4.78 is 48.0. The Morgan fingerprint density at radius 1 is 1.03 bits per heavy atom. The first-order chi connectivity index (χ1) is 18.2. The lowest BCUT2D eigenvalue weighted by Gasteiger charge is -2.37. The number of fused-ring (bicyclic) bond motifs is 1. The first-order valence-electron chi connectivity index (χ1n) is 12.5. The summed E-state index contributed by atoms with van der Waals surface area (Å²) in [5.41, 5.74) is 3.07. The van der Waals surface area contributed by atoms with Crippen molar-refractivity contribution in [3.8, 4) is 5.75 Å². The molecule has 2 aromatic carbocycles. The first kappa shape index (κ1) is 25.6. The predicted octanol–water partition coefficient (Wildman–Crippen LogP) is 5.54. The quantitative estimate of drug-likeness (QED) is 0.334. The van der Waals surface area contributed by atoms with Crippen LogP contribution in [0.1, 0.15) is 34.7 Å². The monoisotopic (exact) mass is 522 g/mol. The highest BCUT2D eigenvalue weighted by molar-refractivity contribution is 5.78. The van der Waals surface area contributed by atoms with Crippen molar-refractivity contribution < 1.29 is 22.7 Å². The van der Waals surface area contributed by atoms with E-state index in [0.717, 1.165) is 29.1 Å². The van der Waals surface area contributed by atoms with Crippen LogP contribution < -0.4 is 9.64 Å². The molecule has 9 heteroatoms. The average molecular weight is 523 g/mol. The van der Waals surface area contributed by atoms with E-state index in [1.54, 1.807) is 24.3 Å². The minimum atomic E-state index is -4.48. The van der Waals surface area contributed by atoms with Crippen LogP contribution in [0.5, 0.6) is 5.75 Å². The topological polar surface area (TPSA) is 50.1 Å². The highest BCUT2D eigenvalue weighted by Gasteiger charge is 2.33. The molecular formula is C29H29F3N4O2. The molecule has 0 radical (unpaired) electrons. The molecule has 1 aliphatic rings. The zero-order valence-corrected chi connectivity index (χ0v) is 21.3. The molecule has 5 rings (SSSR count). The fourth-order valence-corrected chi connectivity index (χ4v) is 5.08. The van der Waals surface area contributed by atoms with Crippen molar-refractivity contribution >= 4 is 17.2 Å². The van der Waals surface area contributed by atoms with E-state index >= 15 is 0 Å². The van der Waals surface area contributed by atoms with Crippen LogP contribution in [0.2, 0.25) is 0 Å². The molecule has 38 heavy (non-hydrogen) atoms. The number of aromatic nitrogens is 2. The molecule has 2 aromatic heterocycles. The SMILES string of the molecule is COc1ccccc1N1CCN(C(=O)CC(c2cccc(C(F)(F)F)c2)c2cnc3cc(C)ccn23)CC1. The van der Waals surface area contributed by atoms with Crippen molar-refractivity contribution in [1.29, 1.82) is 0 Å². The maximum Gasteiger partial charge on any atom is 0.416 e. The van der Waals surface area contributed by atoms with Gasteiger partial charge in [0, 0.05) is 50.9 Å². The fraction of sp³-hybridized carbons (Fsp3) is 0.310. The minimum Gasteiger partial charge on any atom is -0.495 e. The molecule has 1 amide bonds. The number of imidazole rings is 1. The molecule has 0 spiro atoms. The highest BCUT2D eigenvalue weighted by atomic mass is 19.4. The number of amides is 1. The zero-order valence-electron chi connectivity index (χ0n) is 21.3. The van der Waals surface area contributed by atoms with Gasteiger partial charge in [0.15, 0.2) is 0 Å². The number of carbonyl (C=O) groups is 1. The van der Waals surface area contributed by atoms with Crippen LogP contribution in [-0.4, -0.2) is 53.5 Å². The molecular weight excluding hydrogens is 493 g/mol. The summed E-state index contributed by atoms with van der Waals surface area (Å²) in [6.07, 6.45) is -0.926. The number of hydrogen-bond donors (Lipinski definition) is 0. The van der Waals surface area contributed by atoms with E-state index in [2.05, 4.69) is 9.88 Å². The van der Waals surface area contributed by atoms with Gasteiger partial charge in [0.2, 0.25) is 5.91 Å². The third kappa shape index (κ3) is 5.18. The lowest BCUT2D eigenvalue weighted by Crippen LogP contribution is -2.49. The number of alkyl halides is 3. The van der Waals surface area contributed by atoms with Crippen molar-refractivity contribution in [2.75, 3.05) is 38.2 Å². The molecule has 6 nitrogen and oxygen atoms in total. The van der Waals surface area contributed by atoms with Gasteiger partial charge in [-0.1, -0.05) is 30.3 Å². The van der Waals surface area contributed by atoms with Crippen LogP contribution in [0.25, 0.3) is 5.65 Å². The van der Waals surface area contributed by atoms with Crippen LogP contribution in [0.4, 0.5) is 18.9 Å². The van der Waals surface area contributed by atoms with Crippen molar-refractivity contribution in [2.24, 2.45) is 0 Å². The molecule has 198 valence electrons. The number of pyridine rings is 1. The van der Waals surface area contributed by atoms with Gasteiger partial charge >= 0.3 is 6.18 Å². The lowest BCUT2D eigenvalue weighted by atomic mass is 9.90. The molecule has 0 saturated carbocycles. The van der Waals surface area contributed by atoms with Crippen LogP contribution >= 0.6 is 0 Å². The van der Waals surface area contributed by atoms with Crippen LogP contribution in [0.15, 0.2) is 73.1 Å². The molecule has 1 aliphatic heterocycles. The van der Waals surface area contributed by atoms with Crippen molar-refractivity contribution in [1.82, 2.24) is 14.3 Å². The number of halogens is 3. The number of carbonyl (C=O) groups excluding carboxylic acids is 1. The Hall–Kier alpha value is -4.01. The van der Waals surface area contributed by atoms with Crippen LogP contribution in [-0.2, 0) is 11.0 Å². The van der Waals surface area contributed by atoms with E-state index in [4.69, 9.17) is 4.74 Å². The normalized spacial score (nSPS) is 15.1. The number of aryl methyl sites for hydroxylation is 1. The third-order valence-corrected chi connectivity index (χ3v) is 7.11. The lowest BCUT2D eigenvalue weighted by molar-refractivity contribution is -0.137. The average Bonchev–Trinajstić information content (AvgIpc) is 3.34. The molecule has 0 aliphatic carbocycles. The van der Waals surface area contributed by atoms with Gasteiger partial charge in [-0.2, -0.15) is 13.2 Å². The number of para-hydroxylation sites is 2. The number of benzene rings is 2. The Morgan fingerprint density at radius 3 is 2.53 bits per heavy atom. The number of hydrogen-bond acceptors (Lipinski definition) is 4. The van der Waals surface area contributed by atoms with Gasteiger partial charge in [-0.05, 0) is 48.4 Å². The second-order valence-corrected chi connectivity index (χ2v) is 9.53. The number of nitrogens with zero attached hydrogens (tertiary/aromatic N) is 4. The molecule has 0 bridgehead atoms. The van der Waals surface area contributed by atoms with Gasteiger partial charge in [0.1, 0.15) is 11.4 Å². The van der Waals surface area contributed by atoms with E-state index in [1.165, 1.54) is 6.07 Å². The number of methoxy groups -OCH3 is 1. The molecule has 1 saturated heterocycles. The van der Waals surface area contributed by atoms with E-state index in [0.29, 0.717) is 43.1 Å². The Morgan fingerprint density at radius 2 is 1.79 bits per heavy atom. The van der Waals surface area contributed by atoms with Gasteiger partial charge in [-0.25, -0.2) is 4.98 Å². The summed E-state index contributed by atoms with van der Waals surface area (Å²) >= 11 is 0. The summed E-state index contributed by atoms with van der Waals surface area (Å²) in [6.45, 7) is 4.24. The summed E-state index contributed by atoms with van der Waals surface area (Å²) in [5, 5.41) is 0. The van der Waals surface area contributed by atoms with Crippen LogP contribution in [0.3, 0.4) is 0 Å². The third-order valence-electron chi connectivity index (χ3n) is 7.11. The van der Waals surface area contributed by atoms with Gasteiger partial charge in [-0.3, -0.25) is 4.79 Å². The summed E-state index contributed by atoms with van der Waals surface area (Å²) in [7, 11) is 1.63. The summed E-state index contributed by atoms with van der Waals surface area (Å²) in [5.74, 6) is 0.0867. The molecule has 0 N–H and O–H groups in total. The van der Waals surface area contributed by atoms with E-state index in [-0.39, 0.29) is 12.3 Å². The van der Waals surface area contributed by atoms with E-state index < -0.39 is 17.7 Å². The van der Waals surface area contributed by atoms with Crippen molar-refractivity contribution in [2.45, 2.75) is 25.4 Å². The van der Waals surface area contributed by atoms with E-state index in [9.17, 15) is 18.0 Å². The Bertz CT molecular complexity index is 1440. The van der Waals surface area contributed by atoms with Gasteiger partial charge in [0.25, 0.3) is 0 Å². The number of anilines is 1. The minimum absolute atomic E-state index is 0.0393. The largest absolute Gasteiger partial charge is 0.495 e. The number of rotatable bonds is 6. The van der Waals surface area contributed by atoms with Gasteiger partial charge in [-0.15, -0.1) is 0 Å². The maximum absolute atomic E-state index is 13.5. The fourth-order valence-electron chi connectivity index (χ4n) is 5.08. The first-order valence-corrected chi connectivity index (χ1v) is 12.5. The standard InChI is InChI=1S/C29H29F3N4O2/c1-20-10-11-36-25(19-33-27(36)16-20)23(21-6-5-7-22(17-21)29(30,31)32)18-28(37)35-14-12-34(13-15-35)24-8-3-4-9-26(24)38-2/h3-11,16-17,19,23H,12-15,18H2,1-2H3. The van der Waals surface area contributed by atoms with Crippen molar-refractivity contribution in [3.63, 3.8) is 0 Å². The number of ether oxygens (including phenoxy) is 1. The molecule has 1 fully saturated rings. The van der Waals surface area contributed by atoms with E-state index in [1.807, 2.05) is 53.9 Å². The Kier molecular flexibility index (Phi) is 7.01. The van der Waals surface area contributed by atoms with Gasteiger partial charge < -0.3 is 18.9 Å². The predicted molar refractivity (Wildman–Crippen MR) is 140 cm³/mol. The Balaban J connectivity index is 1.41. The second kappa shape index (κ2) is 10.4. The second-order valence-electron chi connectivity index (χ2n) is 9.53. The van der Waals surface area contributed by atoms with Crippen molar-refractivity contribution in [3.05, 3.63) is 95.4 Å². The molecule has 4 aromatic rings.